The molecule has 3 saturated heterocycles. The highest BCUT2D eigenvalue weighted by molar-refractivity contribution is 6.23. The van der Waals surface area contributed by atoms with Gasteiger partial charge in [-0.1, -0.05) is 6.92 Å². The van der Waals surface area contributed by atoms with Crippen LogP contribution in [0.25, 0.3) is 11.0 Å². The second-order valence-corrected chi connectivity index (χ2v) is 14.1. The molecular formula is C38H39N9O6. The molecule has 15 nitrogen and oxygen atoms in total. The van der Waals surface area contributed by atoms with Crippen LogP contribution in [-0.2, 0) is 22.6 Å². The molecule has 8 rings (SSSR count). The molecule has 1 atom stereocenters. The van der Waals surface area contributed by atoms with Crippen molar-refractivity contribution < 1.29 is 24.0 Å². The molecule has 53 heavy (non-hydrogen) atoms. The van der Waals surface area contributed by atoms with E-state index in [1.54, 1.807) is 35.4 Å². The molecule has 4 aromatic rings. The summed E-state index contributed by atoms with van der Waals surface area (Å²) in [4.78, 5) is 94.8. The third-order valence-corrected chi connectivity index (χ3v) is 10.6. The molecule has 1 aromatic carbocycles. The molecular weight excluding hydrogens is 678 g/mol. The van der Waals surface area contributed by atoms with Crippen molar-refractivity contribution in [1.29, 1.82) is 0 Å². The van der Waals surface area contributed by atoms with Crippen LogP contribution in [-0.4, -0.2) is 111 Å². The van der Waals surface area contributed by atoms with Gasteiger partial charge in [0.1, 0.15) is 11.7 Å². The van der Waals surface area contributed by atoms with Gasteiger partial charge in [-0.15, -0.1) is 0 Å². The Morgan fingerprint density at radius 2 is 1.70 bits per heavy atom. The minimum atomic E-state index is -1.01. The first-order valence-corrected chi connectivity index (χ1v) is 18.0. The fourth-order valence-electron chi connectivity index (χ4n) is 7.51. The van der Waals surface area contributed by atoms with Crippen LogP contribution < -0.4 is 21.1 Å². The molecule has 15 heteroatoms. The molecule has 0 saturated carbocycles. The molecule has 3 fully saturated rings. The quantitative estimate of drug-likeness (QED) is 0.215. The number of benzene rings is 1. The number of hydrogen-bond acceptors (Lipinski definition) is 11. The number of pyridine rings is 3. The van der Waals surface area contributed by atoms with Gasteiger partial charge in [0.2, 0.25) is 11.8 Å². The smallest absolute Gasteiger partial charge is 0.272 e. The lowest BCUT2D eigenvalue weighted by molar-refractivity contribution is -0.136. The van der Waals surface area contributed by atoms with Crippen LogP contribution in [0.5, 0.6) is 0 Å². The first kappa shape index (κ1) is 34.1. The number of aromatic amines is 1. The van der Waals surface area contributed by atoms with Crippen LogP contribution in [0.15, 0.2) is 59.7 Å². The number of aryl methyl sites for hydroxylation is 1. The number of piperazine rings is 1. The summed E-state index contributed by atoms with van der Waals surface area (Å²) in [5, 5.41) is 5.51. The van der Waals surface area contributed by atoms with E-state index in [0.29, 0.717) is 37.4 Å². The largest absolute Gasteiger partial charge is 0.385 e. The van der Waals surface area contributed by atoms with Gasteiger partial charge in [-0.25, -0.2) is 4.98 Å². The molecule has 3 N–H and O–H groups in total. The van der Waals surface area contributed by atoms with Crippen molar-refractivity contribution in [1.82, 2.24) is 35.0 Å². The number of hydrogen-bond donors (Lipinski definition) is 3. The van der Waals surface area contributed by atoms with E-state index in [-0.39, 0.29) is 41.4 Å². The highest BCUT2D eigenvalue weighted by Crippen LogP contribution is 2.30. The van der Waals surface area contributed by atoms with Crippen LogP contribution in [0.2, 0.25) is 0 Å². The molecule has 0 radical (unpaired) electrons. The standard InChI is InChI=1S/C38H39N9O6/c1-2-24-14-30-31(42-34(24)49)13-22(16-40-30)19-44-9-11-45(12-10-44)26-4-6-29(41-18-26)38(53)46-20-23(21-46)17-39-25-3-5-27-28(15-25)37(52)47(36(27)51)32-7-8-33(48)43-35(32)50/h3-6,13-16,18,23,32,39H,2,7-12,17,19-21H2,1H3,(H,42,49)(H,43,48,50). The summed E-state index contributed by atoms with van der Waals surface area (Å²) < 4.78 is 0. The average Bonchev–Trinajstić information content (AvgIpc) is 3.39. The van der Waals surface area contributed by atoms with Crippen molar-refractivity contribution in [3.05, 3.63) is 93.2 Å². The van der Waals surface area contributed by atoms with Crippen LogP contribution in [0.1, 0.15) is 62.1 Å². The van der Waals surface area contributed by atoms with E-state index in [1.807, 2.05) is 31.3 Å². The first-order valence-electron chi connectivity index (χ1n) is 18.0. The monoisotopic (exact) mass is 717 g/mol. The number of H-pyrrole nitrogens is 1. The maximum atomic E-state index is 13.2. The van der Waals surface area contributed by atoms with Crippen molar-refractivity contribution in [2.75, 3.05) is 56.0 Å². The van der Waals surface area contributed by atoms with Gasteiger partial charge in [-0.3, -0.25) is 48.9 Å². The van der Waals surface area contributed by atoms with Gasteiger partial charge in [0.25, 0.3) is 23.3 Å². The summed E-state index contributed by atoms with van der Waals surface area (Å²) in [7, 11) is 0. The van der Waals surface area contributed by atoms with E-state index in [0.717, 1.165) is 65.5 Å². The molecule has 7 heterocycles. The number of likely N-dealkylation sites (tertiary alicyclic amines) is 1. The van der Waals surface area contributed by atoms with Crippen molar-refractivity contribution in [2.24, 2.45) is 5.92 Å². The zero-order valence-corrected chi connectivity index (χ0v) is 29.3. The number of anilines is 2. The molecule has 0 aliphatic carbocycles. The second kappa shape index (κ2) is 13.9. The van der Waals surface area contributed by atoms with Gasteiger partial charge in [0, 0.05) is 82.1 Å². The Hall–Kier alpha value is -5.96. The summed E-state index contributed by atoms with van der Waals surface area (Å²) in [5.41, 5.74) is 5.75. The molecule has 0 bridgehead atoms. The Morgan fingerprint density at radius 1 is 0.906 bits per heavy atom. The highest BCUT2D eigenvalue weighted by atomic mass is 16.2. The maximum Gasteiger partial charge on any atom is 0.272 e. The summed E-state index contributed by atoms with van der Waals surface area (Å²) in [6, 6.07) is 11.5. The summed E-state index contributed by atoms with van der Waals surface area (Å²) in [6.07, 6.45) is 4.48. The van der Waals surface area contributed by atoms with E-state index in [2.05, 4.69) is 35.4 Å². The van der Waals surface area contributed by atoms with Crippen LogP contribution >= 0.6 is 0 Å². The Balaban J connectivity index is 0.792. The van der Waals surface area contributed by atoms with Crippen molar-refractivity contribution in [3.8, 4) is 0 Å². The number of aromatic nitrogens is 3. The van der Waals surface area contributed by atoms with E-state index in [4.69, 9.17) is 0 Å². The molecule has 0 spiro atoms. The minimum Gasteiger partial charge on any atom is -0.385 e. The summed E-state index contributed by atoms with van der Waals surface area (Å²) >= 11 is 0. The van der Waals surface area contributed by atoms with Gasteiger partial charge in [-0.05, 0) is 60.9 Å². The molecule has 1 unspecified atom stereocenters. The first-order chi connectivity index (χ1) is 25.6. The van der Waals surface area contributed by atoms with E-state index in [1.165, 1.54) is 0 Å². The van der Waals surface area contributed by atoms with Crippen molar-refractivity contribution >= 4 is 51.9 Å². The van der Waals surface area contributed by atoms with E-state index in [9.17, 15) is 28.8 Å². The number of piperidine rings is 1. The topological polar surface area (TPSA) is 181 Å². The number of amides is 5. The molecule has 4 aliphatic heterocycles. The molecule has 272 valence electrons. The molecule has 3 aromatic heterocycles. The van der Waals surface area contributed by atoms with Crippen LogP contribution in [0, 0.1) is 5.92 Å². The normalized spacial score (nSPS) is 19.4. The SMILES string of the molecule is CCc1cc2ncc(CN3CCN(c4ccc(C(=O)N5CC(CNc6ccc7c(c6)C(=O)N(C6CCC(=O)NC6=O)C7=O)C5)nc4)CC3)cc2[nH]c1=O. The van der Waals surface area contributed by atoms with E-state index >= 15 is 0 Å². The number of imide groups is 2. The lowest BCUT2D eigenvalue weighted by atomic mass is 9.99. The third-order valence-electron chi connectivity index (χ3n) is 10.6. The number of nitrogens with one attached hydrogen (secondary N) is 3. The van der Waals surface area contributed by atoms with Crippen LogP contribution in [0.3, 0.4) is 0 Å². The number of carbonyl (C=O) groups is 5. The van der Waals surface area contributed by atoms with Crippen molar-refractivity contribution in [2.45, 2.75) is 38.8 Å². The molecule has 5 amide bonds. The van der Waals surface area contributed by atoms with Gasteiger partial charge in [-0.2, -0.15) is 0 Å². The van der Waals surface area contributed by atoms with Gasteiger partial charge >= 0.3 is 0 Å². The van der Waals surface area contributed by atoms with Crippen LogP contribution in [0.4, 0.5) is 11.4 Å². The average molecular weight is 718 g/mol. The summed E-state index contributed by atoms with van der Waals surface area (Å²) in [6.45, 7) is 7.74. The zero-order valence-electron chi connectivity index (χ0n) is 29.3. The predicted octanol–water partition coefficient (Wildman–Crippen LogP) is 1.79. The molecule has 4 aliphatic rings. The summed E-state index contributed by atoms with van der Waals surface area (Å²) in [5.74, 6) is -2.07. The number of carbonyl (C=O) groups excluding carboxylic acids is 5. The fraction of sp³-hybridized carbons (Fsp3) is 0.368. The number of rotatable bonds is 9. The van der Waals surface area contributed by atoms with Gasteiger partial charge < -0.3 is 20.1 Å². The minimum absolute atomic E-state index is 0.0618. The second-order valence-electron chi connectivity index (χ2n) is 14.1. The third kappa shape index (κ3) is 6.63. The maximum absolute atomic E-state index is 13.2. The predicted molar refractivity (Wildman–Crippen MR) is 194 cm³/mol. The Morgan fingerprint density at radius 3 is 2.43 bits per heavy atom. The number of fused-ring (bicyclic) bond motifs is 2. The van der Waals surface area contributed by atoms with E-state index < -0.39 is 29.7 Å². The zero-order chi connectivity index (χ0) is 36.8. The highest BCUT2D eigenvalue weighted by Gasteiger charge is 2.44. The Kier molecular flexibility index (Phi) is 8.94. The lowest BCUT2D eigenvalue weighted by Crippen LogP contribution is -2.54. The van der Waals surface area contributed by atoms with Gasteiger partial charge in [0.15, 0.2) is 0 Å². The van der Waals surface area contributed by atoms with Gasteiger partial charge in [0.05, 0.1) is 34.0 Å². The van der Waals surface area contributed by atoms with Crippen molar-refractivity contribution in [3.63, 3.8) is 0 Å². The fourth-order valence-corrected chi connectivity index (χ4v) is 7.51. The Bertz CT molecular complexity index is 2210. The lowest BCUT2D eigenvalue weighted by Gasteiger charge is -2.39. The Labute approximate surface area is 304 Å². The number of nitrogens with zero attached hydrogens (tertiary/aromatic N) is 6.